The molecule has 2 rings (SSSR count). The van der Waals surface area contributed by atoms with Gasteiger partial charge in [0.15, 0.2) is 5.78 Å². The van der Waals surface area contributed by atoms with Crippen LogP contribution in [0.2, 0.25) is 0 Å². The number of halogens is 1. The Morgan fingerprint density at radius 2 is 1.75 bits per heavy atom. The lowest BCUT2D eigenvalue weighted by Crippen LogP contribution is -2.18. The Balaban J connectivity index is 2.13. The van der Waals surface area contributed by atoms with E-state index in [9.17, 15) is 4.79 Å². The minimum Gasteiger partial charge on any atom is -0.366 e. The summed E-state index contributed by atoms with van der Waals surface area (Å²) in [5.41, 5.74) is 1.95. The Bertz CT molecular complexity index is 549. The molecule has 0 radical (unpaired) electrons. The monoisotopic (exact) mass is 380 g/mol. The van der Waals surface area contributed by atoms with Gasteiger partial charge in [0, 0.05) is 16.6 Å². The van der Waals surface area contributed by atoms with E-state index in [1.807, 2.05) is 61.5 Å². The van der Waals surface area contributed by atoms with Gasteiger partial charge in [0.2, 0.25) is 0 Å². The standard InChI is InChI=1S/C17H17IO2/c1-2-20-17(14-6-4-3-5-7-14)16(19)12-13-8-10-15(18)11-9-13/h3-11,17H,2,12H2,1H3. The van der Waals surface area contributed by atoms with Crippen LogP contribution >= 0.6 is 22.6 Å². The lowest BCUT2D eigenvalue weighted by atomic mass is 10.00. The van der Waals surface area contributed by atoms with Crippen LogP contribution in [0, 0.1) is 3.57 Å². The van der Waals surface area contributed by atoms with Crippen LogP contribution in [-0.4, -0.2) is 12.4 Å². The van der Waals surface area contributed by atoms with Gasteiger partial charge in [-0.15, -0.1) is 0 Å². The first-order valence-corrected chi connectivity index (χ1v) is 7.72. The summed E-state index contributed by atoms with van der Waals surface area (Å²) in [6.45, 7) is 2.44. The number of carbonyl (C=O) groups excluding carboxylic acids is 1. The minimum absolute atomic E-state index is 0.0965. The normalized spacial score (nSPS) is 12.1. The molecule has 104 valence electrons. The summed E-state index contributed by atoms with van der Waals surface area (Å²) in [7, 11) is 0. The van der Waals surface area contributed by atoms with Crippen LogP contribution < -0.4 is 0 Å². The lowest BCUT2D eigenvalue weighted by Gasteiger charge is -2.16. The summed E-state index contributed by atoms with van der Waals surface area (Å²) in [5, 5.41) is 0. The number of ether oxygens (including phenoxy) is 1. The van der Waals surface area contributed by atoms with Gasteiger partial charge in [-0.25, -0.2) is 0 Å². The van der Waals surface area contributed by atoms with Crippen LogP contribution in [0.25, 0.3) is 0 Å². The highest BCUT2D eigenvalue weighted by molar-refractivity contribution is 14.1. The van der Waals surface area contributed by atoms with Crippen molar-refractivity contribution in [2.75, 3.05) is 6.61 Å². The Hall–Kier alpha value is -1.20. The van der Waals surface area contributed by atoms with Gasteiger partial charge >= 0.3 is 0 Å². The summed E-state index contributed by atoms with van der Waals surface area (Å²) < 4.78 is 6.80. The maximum atomic E-state index is 12.5. The molecule has 0 bridgehead atoms. The Morgan fingerprint density at radius 3 is 2.35 bits per heavy atom. The van der Waals surface area contributed by atoms with Crippen molar-refractivity contribution in [2.45, 2.75) is 19.4 Å². The topological polar surface area (TPSA) is 26.3 Å². The SMILES string of the molecule is CCOC(C(=O)Cc1ccc(I)cc1)c1ccccc1. The summed E-state index contributed by atoms with van der Waals surface area (Å²) in [4.78, 5) is 12.5. The van der Waals surface area contributed by atoms with E-state index in [2.05, 4.69) is 22.6 Å². The molecule has 0 spiro atoms. The molecule has 1 atom stereocenters. The fourth-order valence-electron chi connectivity index (χ4n) is 2.07. The van der Waals surface area contributed by atoms with Gasteiger partial charge in [0.25, 0.3) is 0 Å². The van der Waals surface area contributed by atoms with Crippen molar-refractivity contribution in [3.8, 4) is 0 Å². The van der Waals surface area contributed by atoms with Crippen LogP contribution in [0.1, 0.15) is 24.2 Å². The van der Waals surface area contributed by atoms with E-state index in [4.69, 9.17) is 4.74 Å². The first-order chi connectivity index (χ1) is 9.70. The number of benzene rings is 2. The Labute approximate surface area is 133 Å². The molecule has 0 heterocycles. The second kappa shape index (κ2) is 7.55. The Kier molecular flexibility index (Phi) is 5.73. The summed E-state index contributed by atoms with van der Waals surface area (Å²) in [6, 6.07) is 17.7. The lowest BCUT2D eigenvalue weighted by molar-refractivity contribution is -0.130. The molecule has 0 fully saturated rings. The van der Waals surface area contributed by atoms with Crippen molar-refractivity contribution >= 4 is 28.4 Å². The summed E-state index contributed by atoms with van der Waals surface area (Å²) >= 11 is 2.26. The number of hydrogen-bond donors (Lipinski definition) is 0. The average Bonchev–Trinajstić information content (AvgIpc) is 2.48. The molecule has 2 aromatic rings. The largest absolute Gasteiger partial charge is 0.366 e. The van der Waals surface area contributed by atoms with Crippen molar-refractivity contribution < 1.29 is 9.53 Å². The van der Waals surface area contributed by atoms with Crippen molar-refractivity contribution in [1.29, 1.82) is 0 Å². The maximum absolute atomic E-state index is 12.5. The predicted octanol–water partition coefficient (Wildman–Crippen LogP) is 4.18. The van der Waals surface area contributed by atoms with Gasteiger partial charge < -0.3 is 4.74 Å². The molecular weight excluding hydrogens is 363 g/mol. The number of carbonyl (C=O) groups is 1. The third-order valence-corrected chi connectivity index (χ3v) is 3.74. The summed E-state index contributed by atoms with van der Waals surface area (Å²) in [5.74, 6) is 0.0965. The van der Waals surface area contributed by atoms with Crippen molar-refractivity contribution in [3.63, 3.8) is 0 Å². The fraction of sp³-hybridized carbons (Fsp3) is 0.235. The van der Waals surface area contributed by atoms with Gasteiger partial charge in [-0.2, -0.15) is 0 Å². The van der Waals surface area contributed by atoms with Crippen LogP contribution in [0.4, 0.5) is 0 Å². The van der Waals surface area contributed by atoms with E-state index >= 15 is 0 Å². The molecular formula is C17H17IO2. The number of rotatable bonds is 6. The molecule has 0 saturated heterocycles. The fourth-order valence-corrected chi connectivity index (χ4v) is 2.43. The molecule has 0 aromatic heterocycles. The van der Waals surface area contributed by atoms with Gasteiger partial charge in [-0.3, -0.25) is 4.79 Å². The first-order valence-electron chi connectivity index (χ1n) is 6.64. The van der Waals surface area contributed by atoms with E-state index in [-0.39, 0.29) is 5.78 Å². The van der Waals surface area contributed by atoms with E-state index in [1.54, 1.807) is 0 Å². The van der Waals surface area contributed by atoms with Crippen LogP contribution in [0.5, 0.6) is 0 Å². The highest BCUT2D eigenvalue weighted by Crippen LogP contribution is 2.20. The number of hydrogen-bond acceptors (Lipinski definition) is 2. The minimum atomic E-state index is -0.472. The zero-order valence-electron chi connectivity index (χ0n) is 11.4. The molecule has 0 N–H and O–H groups in total. The zero-order valence-corrected chi connectivity index (χ0v) is 13.5. The molecule has 0 aliphatic carbocycles. The van der Waals surface area contributed by atoms with Crippen molar-refractivity contribution in [3.05, 3.63) is 69.3 Å². The molecule has 1 unspecified atom stereocenters. The van der Waals surface area contributed by atoms with Gasteiger partial charge in [0.1, 0.15) is 6.10 Å². The van der Waals surface area contributed by atoms with E-state index in [1.165, 1.54) is 3.57 Å². The van der Waals surface area contributed by atoms with E-state index in [0.29, 0.717) is 13.0 Å². The third-order valence-electron chi connectivity index (χ3n) is 3.02. The predicted molar refractivity (Wildman–Crippen MR) is 88.7 cm³/mol. The van der Waals surface area contributed by atoms with Crippen LogP contribution in [0.3, 0.4) is 0 Å². The second-order valence-electron chi connectivity index (χ2n) is 4.52. The highest BCUT2D eigenvalue weighted by atomic mass is 127. The van der Waals surface area contributed by atoms with Gasteiger partial charge in [-0.1, -0.05) is 42.5 Å². The second-order valence-corrected chi connectivity index (χ2v) is 5.76. The summed E-state index contributed by atoms with van der Waals surface area (Å²) in [6.07, 6.45) is -0.0725. The third kappa shape index (κ3) is 4.15. The Morgan fingerprint density at radius 1 is 1.10 bits per heavy atom. The van der Waals surface area contributed by atoms with Crippen molar-refractivity contribution in [2.24, 2.45) is 0 Å². The number of ketones is 1. The van der Waals surface area contributed by atoms with Crippen LogP contribution in [-0.2, 0) is 16.0 Å². The maximum Gasteiger partial charge on any atom is 0.170 e. The van der Waals surface area contributed by atoms with Gasteiger partial charge in [0.05, 0.1) is 0 Å². The molecule has 0 aliphatic heterocycles. The molecule has 20 heavy (non-hydrogen) atoms. The number of Topliss-reactive ketones (excluding diaryl/α,β-unsaturated/α-hetero) is 1. The van der Waals surface area contributed by atoms with Gasteiger partial charge in [-0.05, 0) is 52.8 Å². The highest BCUT2D eigenvalue weighted by Gasteiger charge is 2.20. The van der Waals surface area contributed by atoms with E-state index < -0.39 is 6.10 Å². The van der Waals surface area contributed by atoms with Crippen LogP contribution in [0.15, 0.2) is 54.6 Å². The average molecular weight is 380 g/mol. The van der Waals surface area contributed by atoms with E-state index in [0.717, 1.165) is 11.1 Å². The molecule has 3 heteroatoms. The molecule has 0 aliphatic rings. The smallest absolute Gasteiger partial charge is 0.170 e. The molecule has 2 nitrogen and oxygen atoms in total. The zero-order chi connectivity index (χ0) is 14.4. The first kappa shape index (κ1) is 15.2. The quantitative estimate of drug-likeness (QED) is 0.703. The van der Waals surface area contributed by atoms with Crippen molar-refractivity contribution in [1.82, 2.24) is 0 Å². The molecule has 0 saturated carbocycles. The molecule has 0 amide bonds. The molecule has 2 aromatic carbocycles.